The van der Waals surface area contributed by atoms with Gasteiger partial charge in [0.15, 0.2) is 18.1 Å². The predicted octanol–water partition coefficient (Wildman–Crippen LogP) is 5.63. The highest BCUT2D eigenvalue weighted by Crippen LogP contribution is 2.38. The summed E-state index contributed by atoms with van der Waals surface area (Å²) in [6.45, 7) is 3.39. The van der Waals surface area contributed by atoms with Crippen LogP contribution >= 0.6 is 27.5 Å². The molecule has 0 spiro atoms. The van der Waals surface area contributed by atoms with Gasteiger partial charge < -0.3 is 14.8 Å². The molecule has 9 nitrogen and oxygen atoms in total. The zero-order chi connectivity index (χ0) is 29.0. The second-order valence-electron chi connectivity index (χ2n) is 8.50. The van der Waals surface area contributed by atoms with Gasteiger partial charge in [0, 0.05) is 10.7 Å². The minimum absolute atomic E-state index is 0.204. The van der Waals surface area contributed by atoms with Crippen LogP contribution in [-0.4, -0.2) is 37.0 Å². The summed E-state index contributed by atoms with van der Waals surface area (Å²) in [5, 5.41) is 5.12. The summed E-state index contributed by atoms with van der Waals surface area (Å²) in [7, 11) is 0. The topological polar surface area (TPSA) is 114 Å². The molecule has 1 heterocycles. The molecule has 3 aromatic rings. The van der Waals surface area contributed by atoms with Crippen molar-refractivity contribution in [3.8, 4) is 11.5 Å². The number of halogens is 3. The maximum atomic E-state index is 13.3. The summed E-state index contributed by atoms with van der Waals surface area (Å²) in [4.78, 5) is 51.6. The van der Waals surface area contributed by atoms with Crippen molar-refractivity contribution < 1.29 is 33.0 Å². The number of anilines is 2. The summed E-state index contributed by atoms with van der Waals surface area (Å²) in [6, 6.07) is 12.1. The Labute approximate surface area is 242 Å². The summed E-state index contributed by atoms with van der Waals surface area (Å²) in [5.41, 5.74) is 1.45. The van der Waals surface area contributed by atoms with Crippen molar-refractivity contribution in [1.82, 2.24) is 5.32 Å². The largest absolute Gasteiger partial charge is 0.490 e. The zero-order valence-corrected chi connectivity index (χ0v) is 23.6. The third kappa shape index (κ3) is 6.49. The Morgan fingerprint density at radius 1 is 1.10 bits per heavy atom. The van der Waals surface area contributed by atoms with Crippen LogP contribution in [0.3, 0.4) is 0 Å². The molecule has 0 aliphatic carbocycles. The van der Waals surface area contributed by atoms with Crippen LogP contribution in [0.4, 0.5) is 20.6 Å². The summed E-state index contributed by atoms with van der Waals surface area (Å²) < 4.78 is 24.8. The predicted molar refractivity (Wildman–Crippen MR) is 151 cm³/mol. The van der Waals surface area contributed by atoms with E-state index in [-0.39, 0.29) is 36.0 Å². The molecule has 3 aromatic carbocycles. The summed E-state index contributed by atoms with van der Waals surface area (Å²) in [6.07, 6.45) is 1.31. The van der Waals surface area contributed by atoms with E-state index in [1.54, 1.807) is 32.0 Å². The molecule has 12 heteroatoms. The first-order valence-electron chi connectivity index (χ1n) is 11.9. The van der Waals surface area contributed by atoms with Crippen molar-refractivity contribution in [1.29, 1.82) is 0 Å². The van der Waals surface area contributed by atoms with Crippen LogP contribution in [0.5, 0.6) is 11.5 Å². The number of nitrogens with zero attached hydrogens (tertiary/aromatic N) is 1. The highest BCUT2D eigenvalue weighted by atomic mass is 79.9. The average molecular weight is 631 g/mol. The smallest absolute Gasteiger partial charge is 0.335 e. The molecule has 0 unspecified atom stereocenters. The van der Waals surface area contributed by atoms with Gasteiger partial charge in [0.05, 0.1) is 16.8 Å². The van der Waals surface area contributed by atoms with E-state index in [1.807, 2.05) is 0 Å². The van der Waals surface area contributed by atoms with E-state index in [2.05, 4.69) is 26.6 Å². The number of carbonyl (C=O) groups excluding carboxylic acids is 4. The minimum Gasteiger partial charge on any atom is -0.490 e. The molecule has 1 fully saturated rings. The van der Waals surface area contributed by atoms with Crippen LogP contribution in [0.2, 0.25) is 5.02 Å². The number of rotatable bonds is 8. The Kier molecular flexibility index (Phi) is 8.86. The van der Waals surface area contributed by atoms with Crippen molar-refractivity contribution in [2.45, 2.75) is 13.8 Å². The van der Waals surface area contributed by atoms with Crippen molar-refractivity contribution in [2.75, 3.05) is 23.4 Å². The molecule has 1 aliphatic heterocycles. The first-order valence-corrected chi connectivity index (χ1v) is 13.1. The molecule has 1 aliphatic rings. The summed E-state index contributed by atoms with van der Waals surface area (Å²) in [5.74, 6) is -2.17. The van der Waals surface area contributed by atoms with Gasteiger partial charge in [0.2, 0.25) is 0 Å². The quantitative estimate of drug-likeness (QED) is 0.246. The molecule has 206 valence electrons. The molecule has 0 bridgehead atoms. The van der Waals surface area contributed by atoms with Gasteiger partial charge in [-0.05, 0) is 95.5 Å². The van der Waals surface area contributed by atoms with Gasteiger partial charge in [-0.15, -0.1) is 0 Å². The van der Waals surface area contributed by atoms with E-state index in [0.29, 0.717) is 20.7 Å². The normalized spacial score (nSPS) is 14.3. The number of carbonyl (C=O) groups is 4. The maximum absolute atomic E-state index is 13.3. The SMILES string of the molecule is CCOc1cc(/C=C2\C(=O)NC(=O)N(c3ccc(C)c(Cl)c3)C2=O)cc(Br)c1OCC(=O)Nc1ccc(F)cc1. The van der Waals surface area contributed by atoms with Crippen LogP contribution in [0, 0.1) is 12.7 Å². The molecule has 0 saturated carbocycles. The highest BCUT2D eigenvalue weighted by molar-refractivity contribution is 9.10. The molecule has 0 aromatic heterocycles. The Morgan fingerprint density at radius 2 is 1.82 bits per heavy atom. The van der Waals surface area contributed by atoms with E-state index < -0.39 is 29.6 Å². The fourth-order valence-electron chi connectivity index (χ4n) is 3.72. The average Bonchev–Trinajstić information content (AvgIpc) is 2.89. The van der Waals surface area contributed by atoms with E-state index in [1.165, 1.54) is 42.5 Å². The van der Waals surface area contributed by atoms with E-state index in [4.69, 9.17) is 21.1 Å². The maximum Gasteiger partial charge on any atom is 0.335 e. The van der Waals surface area contributed by atoms with Gasteiger partial charge in [-0.1, -0.05) is 17.7 Å². The zero-order valence-electron chi connectivity index (χ0n) is 21.2. The lowest BCUT2D eigenvalue weighted by Gasteiger charge is -2.26. The van der Waals surface area contributed by atoms with Gasteiger partial charge in [0.1, 0.15) is 11.4 Å². The second-order valence-corrected chi connectivity index (χ2v) is 9.76. The Balaban J connectivity index is 1.58. The number of ether oxygens (including phenoxy) is 2. The number of nitrogens with one attached hydrogen (secondary N) is 2. The number of hydrogen-bond donors (Lipinski definition) is 2. The van der Waals surface area contributed by atoms with Crippen molar-refractivity contribution in [2.24, 2.45) is 0 Å². The lowest BCUT2D eigenvalue weighted by Crippen LogP contribution is -2.54. The molecule has 0 radical (unpaired) electrons. The summed E-state index contributed by atoms with van der Waals surface area (Å²) >= 11 is 9.56. The molecule has 1 saturated heterocycles. The molecule has 40 heavy (non-hydrogen) atoms. The first kappa shape index (κ1) is 28.8. The molecule has 5 amide bonds. The number of hydrogen-bond acceptors (Lipinski definition) is 6. The fourth-order valence-corrected chi connectivity index (χ4v) is 4.47. The lowest BCUT2D eigenvalue weighted by atomic mass is 10.1. The fraction of sp³-hybridized carbons (Fsp3) is 0.143. The van der Waals surface area contributed by atoms with Crippen molar-refractivity contribution in [3.05, 3.63) is 86.6 Å². The van der Waals surface area contributed by atoms with Gasteiger partial charge >= 0.3 is 6.03 Å². The molecule has 0 atom stereocenters. The van der Waals surface area contributed by atoms with Crippen LogP contribution in [-0.2, 0) is 14.4 Å². The Morgan fingerprint density at radius 3 is 2.50 bits per heavy atom. The van der Waals surface area contributed by atoms with E-state index >= 15 is 0 Å². The third-order valence-electron chi connectivity index (χ3n) is 5.63. The Bertz CT molecular complexity index is 1540. The highest BCUT2D eigenvalue weighted by Gasteiger charge is 2.37. The van der Waals surface area contributed by atoms with Gasteiger partial charge in [-0.25, -0.2) is 14.1 Å². The van der Waals surface area contributed by atoms with Crippen LogP contribution in [0.15, 0.2) is 64.6 Å². The second kappa shape index (κ2) is 12.3. The van der Waals surface area contributed by atoms with Gasteiger partial charge in [-0.3, -0.25) is 19.7 Å². The number of imide groups is 2. The number of benzene rings is 3. The molecular formula is C28H22BrClFN3O6. The Hall–Kier alpha value is -4.22. The van der Waals surface area contributed by atoms with E-state index in [9.17, 15) is 23.6 Å². The molecular weight excluding hydrogens is 609 g/mol. The number of amides is 5. The minimum atomic E-state index is -0.897. The van der Waals surface area contributed by atoms with Crippen molar-refractivity contribution in [3.63, 3.8) is 0 Å². The van der Waals surface area contributed by atoms with E-state index in [0.717, 1.165) is 10.5 Å². The monoisotopic (exact) mass is 629 g/mol. The standard InChI is InChI=1S/C28H22BrClFN3O6/c1-3-39-23-12-16(11-21(29)25(23)40-14-24(35)32-18-7-5-17(31)6-8-18)10-20-26(36)33-28(38)34(27(20)37)19-9-4-15(2)22(30)13-19/h4-13H,3,14H2,1-2H3,(H,32,35)(H,33,36,38)/b20-10+. The number of barbiturate groups is 1. The van der Waals surface area contributed by atoms with Gasteiger partial charge in [-0.2, -0.15) is 0 Å². The van der Waals surface area contributed by atoms with Crippen LogP contribution < -0.4 is 25.0 Å². The molecule has 4 rings (SSSR count). The van der Waals surface area contributed by atoms with Gasteiger partial charge in [0.25, 0.3) is 17.7 Å². The first-order chi connectivity index (χ1) is 19.1. The lowest BCUT2D eigenvalue weighted by molar-refractivity contribution is -0.122. The van der Waals surface area contributed by atoms with Crippen LogP contribution in [0.1, 0.15) is 18.1 Å². The van der Waals surface area contributed by atoms with Crippen LogP contribution in [0.25, 0.3) is 6.08 Å². The van der Waals surface area contributed by atoms with Crippen molar-refractivity contribution >= 4 is 68.7 Å². The number of urea groups is 1. The molecule has 2 N–H and O–H groups in total. The number of aryl methyl sites for hydroxylation is 1. The third-order valence-corrected chi connectivity index (χ3v) is 6.63.